The van der Waals surface area contributed by atoms with E-state index in [1.165, 1.54) is 0 Å². The van der Waals surface area contributed by atoms with Crippen LogP contribution in [0.3, 0.4) is 0 Å². The van der Waals surface area contributed by atoms with E-state index in [-0.39, 0.29) is 23.8 Å². The zero-order valence-corrected chi connectivity index (χ0v) is 18.4. The smallest absolute Gasteiger partial charge is 0.319 e. The number of hydrogen-bond donors (Lipinski definition) is 1. The molecule has 1 N–H and O–H groups in total. The Kier molecular flexibility index (Phi) is 7.28. The molecule has 0 spiro atoms. The number of carbonyl (C=O) groups excluding carboxylic acids is 3. The van der Waals surface area contributed by atoms with Gasteiger partial charge < -0.3 is 20.0 Å². The van der Waals surface area contributed by atoms with Crippen LogP contribution >= 0.6 is 0 Å². The fraction of sp³-hybridized carbons (Fsp3) is 0.375. The molecule has 2 aromatic rings. The summed E-state index contributed by atoms with van der Waals surface area (Å²) in [5, 5.41) is 2.95. The van der Waals surface area contributed by atoms with E-state index >= 15 is 0 Å². The lowest BCUT2D eigenvalue weighted by molar-refractivity contribution is -0.121. The molecule has 1 aliphatic rings. The Morgan fingerprint density at radius 3 is 2.19 bits per heavy atom. The van der Waals surface area contributed by atoms with Gasteiger partial charge >= 0.3 is 6.03 Å². The van der Waals surface area contributed by atoms with Crippen molar-refractivity contribution in [1.29, 1.82) is 0 Å². The molecule has 2 aromatic carbocycles. The minimum absolute atomic E-state index is 0.0312. The number of amides is 4. The molecule has 0 saturated carbocycles. The van der Waals surface area contributed by atoms with Gasteiger partial charge in [-0.2, -0.15) is 0 Å². The van der Waals surface area contributed by atoms with Gasteiger partial charge in [-0.25, -0.2) is 4.79 Å². The second kappa shape index (κ2) is 10.1. The number of piperidine rings is 1. The molecule has 0 radical (unpaired) electrons. The monoisotopic (exact) mass is 422 g/mol. The molecule has 3 rings (SSSR count). The molecule has 1 aliphatic heterocycles. The van der Waals surface area contributed by atoms with Crippen LogP contribution in [0.5, 0.6) is 0 Å². The van der Waals surface area contributed by atoms with Crippen molar-refractivity contribution in [3.05, 3.63) is 65.7 Å². The van der Waals surface area contributed by atoms with Gasteiger partial charge in [-0.15, -0.1) is 0 Å². The molecule has 7 nitrogen and oxygen atoms in total. The molecular formula is C24H30N4O3. The van der Waals surface area contributed by atoms with E-state index in [1.807, 2.05) is 36.4 Å². The molecule has 0 aliphatic carbocycles. The van der Waals surface area contributed by atoms with Crippen molar-refractivity contribution in [3.8, 4) is 0 Å². The van der Waals surface area contributed by atoms with Crippen molar-refractivity contribution >= 4 is 23.5 Å². The standard InChI is InChI=1S/C24H30N4O3/c1-26(2)24(31)28-15-13-19(14-16-28)22(29)25-21-12-8-7-11-20(21)23(30)27(3)17-18-9-5-4-6-10-18/h4-12,19H,13-17H2,1-3H3,(H,25,29). The summed E-state index contributed by atoms with van der Waals surface area (Å²) in [4.78, 5) is 42.9. The van der Waals surface area contributed by atoms with Gasteiger partial charge in [0, 0.05) is 46.7 Å². The summed E-state index contributed by atoms with van der Waals surface area (Å²) in [5.74, 6) is -0.439. The molecule has 4 amide bonds. The Morgan fingerprint density at radius 2 is 1.55 bits per heavy atom. The van der Waals surface area contributed by atoms with Crippen molar-refractivity contribution in [3.63, 3.8) is 0 Å². The quantitative estimate of drug-likeness (QED) is 0.804. The number of nitrogens with one attached hydrogen (secondary N) is 1. The van der Waals surface area contributed by atoms with Gasteiger partial charge in [0.25, 0.3) is 5.91 Å². The fourth-order valence-electron chi connectivity index (χ4n) is 3.76. The molecule has 1 fully saturated rings. The number of likely N-dealkylation sites (tertiary alicyclic amines) is 1. The van der Waals surface area contributed by atoms with Crippen LogP contribution in [0.25, 0.3) is 0 Å². The number of anilines is 1. The van der Waals surface area contributed by atoms with Crippen LogP contribution in [0.15, 0.2) is 54.6 Å². The van der Waals surface area contributed by atoms with Gasteiger partial charge in [0.1, 0.15) is 0 Å². The van der Waals surface area contributed by atoms with Crippen molar-refractivity contribution in [2.45, 2.75) is 19.4 Å². The average Bonchev–Trinajstić information content (AvgIpc) is 2.79. The second-order valence-electron chi connectivity index (χ2n) is 8.12. The van der Waals surface area contributed by atoms with Crippen molar-refractivity contribution < 1.29 is 14.4 Å². The van der Waals surface area contributed by atoms with Crippen molar-refractivity contribution in [1.82, 2.24) is 14.7 Å². The molecule has 0 unspecified atom stereocenters. The Morgan fingerprint density at radius 1 is 0.935 bits per heavy atom. The maximum absolute atomic E-state index is 13.0. The molecule has 31 heavy (non-hydrogen) atoms. The maximum atomic E-state index is 13.0. The number of carbonyl (C=O) groups is 3. The number of para-hydroxylation sites is 1. The molecule has 0 bridgehead atoms. The summed E-state index contributed by atoms with van der Waals surface area (Å²) in [5.41, 5.74) is 2.03. The van der Waals surface area contributed by atoms with Crippen LogP contribution < -0.4 is 5.32 Å². The summed E-state index contributed by atoms with van der Waals surface area (Å²) in [6.45, 7) is 1.59. The average molecular weight is 423 g/mol. The van der Waals surface area contributed by atoms with Gasteiger partial charge in [-0.05, 0) is 30.5 Å². The van der Waals surface area contributed by atoms with Gasteiger partial charge in [0.2, 0.25) is 5.91 Å². The predicted octanol–water partition coefficient (Wildman–Crippen LogP) is 3.29. The molecular weight excluding hydrogens is 392 g/mol. The third kappa shape index (κ3) is 5.63. The number of hydrogen-bond acceptors (Lipinski definition) is 3. The van der Waals surface area contributed by atoms with E-state index in [1.54, 1.807) is 54.0 Å². The molecule has 164 valence electrons. The van der Waals surface area contributed by atoms with E-state index in [0.29, 0.717) is 43.7 Å². The topological polar surface area (TPSA) is 73.0 Å². The first kappa shape index (κ1) is 22.3. The molecule has 7 heteroatoms. The Hall–Kier alpha value is -3.35. The molecule has 0 aromatic heterocycles. The lowest BCUT2D eigenvalue weighted by Gasteiger charge is -2.33. The maximum Gasteiger partial charge on any atom is 0.319 e. The molecule has 0 atom stereocenters. The third-order valence-corrected chi connectivity index (χ3v) is 5.54. The zero-order valence-electron chi connectivity index (χ0n) is 18.4. The second-order valence-corrected chi connectivity index (χ2v) is 8.12. The number of nitrogens with zero attached hydrogens (tertiary/aromatic N) is 3. The highest BCUT2D eigenvalue weighted by Gasteiger charge is 2.28. The van der Waals surface area contributed by atoms with Gasteiger partial charge in [-0.1, -0.05) is 42.5 Å². The number of urea groups is 1. The summed E-state index contributed by atoms with van der Waals surface area (Å²) < 4.78 is 0. The summed E-state index contributed by atoms with van der Waals surface area (Å²) in [6.07, 6.45) is 1.21. The van der Waals surface area contributed by atoms with Crippen molar-refractivity contribution in [2.24, 2.45) is 5.92 Å². The SMILES string of the molecule is CN(C)C(=O)N1CCC(C(=O)Nc2ccccc2C(=O)N(C)Cc2ccccc2)CC1. The fourth-order valence-corrected chi connectivity index (χ4v) is 3.76. The van der Waals surface area contributed by atoms with Gasteiger partial charge in [-0.3, -0.25) is 9.59 Å². The number of rotatable bonds is 5. The van der Waals surface area contributed by atoms with E-state index < -0.39 is 0 Å². The first-order chi connectivity index (χ1) is 14.9. The Balaban J connectivity index is 1.63. The minimum atomic E-state index is -0.184. The first-order valence-electron chi connectivity index (χ1n) is 10.5. The van der Waals surface area contributed by atoms with Crippen LogP contribution in [-0.4, -0.2) is 66.8 Å². The number of benzene rings is 2. The summed E-state index contributed by atoms with van der Waals surface area (Å²) in [6, 6.07) is 16.8. The van der Waals surface area contributed by atoms with Crippen LogP contribution in [-0.2, 0) is 11.3 Å². The first-order valence-corrected chi connectivity index (χ1v) is 10.5. The van der Waals surface area contributed by atoms with Gasteiger partial charge in [0.15, 0.2) is 0 Å². The lowest BCUT2D eigenvalue weighted by atomic mass is 9.95. The normalized spacial score (nSPS) is 14.1. The highest BCUT2D eigenvalue weighted by atomic mass is 16.2. The van der Waals surface area contributed by atoms with E-state index in [2.05, 4.69) is 5.32 Å². The van der Waals surface area contributed by atoms with Crippen LogP contribution in [0, 0.1) is 5.92 Å². The molecule has 1 saturated heterocycles. The van der Waals surface area contributed by atoms with Crippen LogP contribution in [0.2, 0.25) is 0 Å². The van der Waals surface area contributed by atoms with E-state index in [9.17, 15) is 14.4 Å². The van der Waals surface area contributed by atoms with E-state index in [0.717, 1.165) is 5.56 Å². The highest BCUT2D eigenvalue weighted by Crippen LogP contribution is 2.23. The highest BCUT2D eigenvalue weighted by molar-refractivity contribution is 6.04. The summed E-state index contributed by atoms with van der Waals surface area (Å²) in [7, 11) is 5.21. The largest absolute Gasteiger partial charge is 0.337 e. The third-order valence-electron chi connectivity index (χ3n) is 5.54. The van der Waals surface area contributed by atoms with Crippen LogP contribution in [0.1, 0.15) is 28.8 Å². The summed E-state index contributed by atoms with van der Waals surface area (Å²) >= 11 is 0. The minimum Gasteiger partial charge on any atom is -0.337 e. The Labute approximate surface area is 183 Å². The lowest BCUT2D eigenvalue weighted by Crippen LogP contribution is -2.45. The van der Waals surface area contributed by atoms with Gasteiger partial charge in [0.05, 0.1) is 11.3 Å². The predicted molar refractivity (Wildman–Crippen MR) is 121 cm³/mol. The molecule has 1 heterocycles. The van der Waals surface area contributed by atoms with Crippen LogP contribution in [0.4, 0.5) is 10.5 Å². The Bertz CT molecular complexity index is 921. The zero-order chi connectivity index (χ0) is 22.4. The van der Waals surface area contributed by atoms with Crippen molar-refractivity contribution in [2.75, 3.05) is 39.5 Å². The van der Waals surface area contributed by atoms with E-state index in [4.69, 9.17) is 0 Å².